The van der Waals surface area contributed by atoms with E-state index < -0.39 is 5.91 Å². The van der Waals surface area contributed by atoms with E-state index in [0.29, 0.717) is 28.3 Å². The number of nitrogens with two attached hydrogens (primary N) is 1. The van der Waals surface area contributed by atoms with E-state index in [2.05, 4.69) is 0 Å². The van der Waals surface area contributed by atoms with Crippen LogP contribution >= 0.6 is 11.8 Å². The zero-order valence-electron chi connectivity index (χ0n) is 18.5. The molecule has 7 nitrogen and oxygen atoms in total. The summed E-state index contributed by atoms with van der Waals surface area (Å²) in [6.07, 6.45) is 0.0538. The van der Waals surface area contributed by atoms with Gasteiger partial charge in [0, 0.05) is 18.7 Å². The lowest BCUT2D eigenvalue weighted by Crippen LogP contribution is -2.35. The van der Waals surface area contributed by atoms with Crippen LogP contribution in [-0.2, 0) is 16.1 Å². The third-order valence-corrected chi connectivity index (χ3v) is 6.25. The Morgan fingerprint density at radius 3 is 2.26 bits per heavy atom. The van der Waals surface area contributed by atoms with Crippen LogP contribution in [0, 0.1) is 0 Å². The standard InChI is InChI=1S/C26H24N4O3S/c27-23(31)15-16-29(20-11-5-2-6-12-20)24(32)18-34-26-28-22-14-8-7-13-21(22)25(33)30(26)17-19-9-3-1-4-10-19/h1-14H,15-18H2,(H2,27,31). The molecule has 3 aromatic carbocycles. The Morgan fingerprint density at radius 2 is 1.56 bits per heavy atom. The smallest absolute Gasteiger partial charge is 0.262 e. The molecule has 2 N–H and O–H groups in total. The van der Waals surface area contributed by atoms with Crippen LogP contribution in [0.25, 0.3) is 10.9 Å². The Kier molecular flexibility index (Phi) is 7.39. The maximum atomic E-state index is 13.3. The molecule has 0 radical (unpaired) electrons. The topological polar surface area (TPSA) is 98.3 Å². The SMILES string of the molecule is NC(=O)CCN(C(=O)CSc1nc2ccccc2c(=O)n1Cc1ccccc1)c1ccccc1. The highest BCUT2D eigenvalue weighted by atomic mass is 32.2. The molecule has 0 atom stereocenters. The summed E-state index contributed by atoms with van der Waals surface area (Å²) in [6, 6.07) is 26.0. The molecule has 34 heavy (non-hydrogen) atoms. The van der Waals surface area contributed by atoms with E-state index in [4.69, 9.17) is 10.7 Å². The van der Waals surface area contributed by atoms with E-state index in [0.717, 1.165) is 5.56 Å². The second-order valence-corrected chi connectivity index (χ2v) is 8.62. The van der Waals surface area contributed by atoms with Crippen molar-refractivity contribution in [2.75, 3.05) is 17.2 Å². The first-order chi connectivity index (χ1) is 16.5. The normalized spacial score (nSPS) is 10.8. The fraction of sp³-hybridized carbons (Fsp3) is 0.154. The number of hydrogen-bond donors (Lipinski definition) is 1. The van der Waals surface area contributed by atoms with Gasteiger partial charge in [0.15, 0.2) is 5.16 Å². The molecular formula is C26H24N4O3S. The number of carbonyl (C=O) groups excluding carboxylic acids is 2. The van der Waals surface area contributed by atoms with E-state index in [1.54, 1.807) is 21.6 Å². The Bertz CT molecular complexity index is 1360. The molecule has 4 rings (SSSR count). The summed E-state index contributed by atoms with van der Waals surface area (Å²) in [7, 11) is 0. The molecule has 0 aliphatic carbocycles. The van der Waals surface area contributed by atoms with Gasteiger partial charge in [-0.15, -0.1) is 0 Å². The van der Waals surface area contributed by atoms with Crippen molar-refractivity contribution in [3.8, 4) is 0 Å². The van der Waals surface area contributed by atoms with Crippen LogP contribution < -0.4 is 16.2 Å². The molecule has 1 aromatic heterocycles. The van der Waals surface area contributed by atoms with E-state index >= 15 is 0 Å². The molecule has 8 heteroatoms. The molecule has 0 bridgehead atoms. The molecule has 0 unspecified atom stereocenters. The Morgan fingerprint density at radius 1 is 0.912 bits per heavy atom. The number of carbonyl (C=O) groups is 2. The Labute approximate surface area is 201 Å². The zero-order chi connectivity index (χ0) is 23.9. The predicted octanol–water partition coefficient (Wildman–Crippen LogP) is 3.45. The zero-order valence-corrected chi connectivity index (χ0v) is 19.3. The number of hydrogen-bond acceptors (Lipinski definition) is 5. The number of benzene rings is 3. The summed E-state index contributed by atoms with van der Waals surface area (Å²) in [5.74, 6) is -0.631. The second kappa shape index (κ2) is 10.8. The van der Waals surface area contributed by atoms with Crippen molar-refractivity contribution in [2.24, 2.45) is 5.73 Å². The van der Waals surface area contributed by atoms with Gasteiger partial charge in [0.25, 0.3) is 5.56 Å². The van der Waals surface area contributed by atoms with Crippen LogP contribution in [-0.4, -0.2) is 33.7 Å². The summed E-state index contributed by atoms with van der Waals surface area (Å²) in [5.41, 5.74) is 7.39. The van der Waals surface area contributed by atoms with Gasteiger partial charge in [-0.25, -0.2) is 4.98 Å². The quantitative estimate of drug-likeness (QED) is 0.297. The van der Waals surface area contributed by atoms with Crippen molar-refractivity contribution in [3.63, 3.8) is 0 Å². The Hall–Kier alpha value is -3.91. The number of nitrogens with zero attached hydrogens (tertiary/aromatic N) is 3. The molecule has 0 saturated heterocycles. The van der Waals surface area contributed by atoms with Gasteiger partial charge in [-0.2, -0.15) is 0 Å². The molecular weight excluding hydrogens is 448 g/mol. The molecule has 0 saturated carbocycles. The van der Waals surface area contributed by atoms with Gasteiger partial charge in [0.05, 0.1) is 23.2 Å². The fourth-order valence-electron chi connectivity index (χ4n) is 3.60. The summed E-state index contributed by atoms with van der Waals surface area (Å²) in [6.45, 7) is 0.527. The third-order valence-electron chi connectivity index (χ3n) is 5.29. The van der Waals surface area contributed by atoms with Gasteiger partial charge in [-0.3, -0.25) is 19.0 Å². The first-order valence-electron chi connectivity index (χ1n) is 10.8. The van der Waals surface area contributed by atoms with Crippen molar-refractivity contribution in [1.82, 2.24) is 9.55 Å². The van der Waals surface area contributed by atoms with Gasteiger partial charge in [0.2, 0.25) is 11.8 Å². The van der Waals surface area contributed by atoms with E-state index in [1.807, 2.05) is 72.8 Å². The van der Waals surface area contributed by atoms with E-state index in [9.17, 15) is 14.4 Å². The fourth-order valence-corrected chi connectivity index (χ4v) is 4.47. The average Bonchev–Trinajstić information content (AvgIpc) is 2.86. The monoisotopic (exact) mass is 472 g/mol. The van der Waals surface area contributed by atoms with Crippen LogP contribution in [0.3, 0.4) is 0 Å². The largest absolute Gasteiger partial charge is 0.370 e. The highest BCUT2D eigenvalue weighted by Crippen LogP contribution is 2.22. The molecule has 4 aromatic rings. The lowest BCUT2D eigenvalue weighted by atomic mass is 10.2. The molecule has 2 amide bonds. The van der Waals surface area contributed by atoms with Crippen LogP contribution in [0.5, 0.6) is 0 Å². The van der Waals surface area contributed by atoms with Crippen LogP contribution in [0.2, 0.25) is 0 Å². The summed E-state index contributed by atoms with van der Waals surface area (Å²) >= 11 is 1.21. The number of anilines is 1. The summed E-state index contributed by atoms with van der Waals surface area (Å²) in [5, 5.41) is 0.991. The molecule has 1 heterocycles. The lowest BCUT2D eigenvalue weighted by Gasteiger charge is -2.22. The number of aromatic nitrogens is 2. The summed E-state index contributed by atoms with van der Waals surface area (Å²) < 4.78 is 1.60. The number of primary amides is 1. The third kappa shape index (κ3) is 5.52. The Balaban J connectivity index is 1.63. The van der Waals surface area contributed by atoms with Crippen LogP contribution in [0.1, 0.15) is 12.0 Å². The number of rotatable bonds is 9. The molecule has 0 fully saturated rings. The van der Waals surface area contributed by atoms with Crippen LogP contribution in [0.4, 0.5) is 5.69 Å². The summed E-state index contributed by atoms with van der Waals surface area (Å²) in [4.78, 5) is 44.1. The van der Waals surface area contributed by atoms with Gasteiger partial charge >= 0.3 is 0 Å². The van der Waals surface area contributed by atoms with Crippen molar-refractivity contribution >= 4 is 40.2 Å². The molecule has 172 valence electrons. The minimum atomic E-state index is -0.478. The van der Waals surface area contributed by atoms with E-state index in [1.165, 1.54) is 11.8 Å². The first-order valence-corrected chi connectivity index (χ1v) is 11.8. The maximum Gasteiger partial charge on any atom is 0.262 e. The number of para-hydroxylation sites is 2. The van der Waals surface area contributed by atoms with E-state index in [-0.39, 0.29) is 30.2 Å². The predicted molar refractivity (Wildman–Crippen MR) is 135 cm³/mol. The number of amides is 2. The second-order valence-electron chi connectivity index (χ2n) is 7.67. The van der Waals surface area contributed by atoms with Crippen molar-refractivity contribution in [2.45, 2.75) is 18.1 Å². The highest BCUT2D eigenvalue weighted by Gasteiger charge is 2.19. The molecule has 0 aliphatic heterocycles. The van der Waals surface area contributed by atoms with Crippen molar-refractivity contribution in [1.29, 1.82) is 0 Å². The lowest BCUT2D eigenvalue weighted by molar-refractivity contribution is -0.118. The molecule has 0 spiro atoms. The van der Waals surface area contributed by atoms with Gasteiger partial charge in [0.1, 0.15) is 0 Å². The highest BCUT2D eigenvalue weighted by molar-refractivity contribution is 7.99. The minimum absolute atomic E-state index is 0.0488. The van der Waals surface area contributed by atoms with Crippen molar-refractivity contribution in [3.05, 3.63) is 101 Å². The van der Waals surface area contributed by atoms with Crippen LogP contribution in [0.15, 0.2) is 94.9 Å². The first kappa shape index (κ1) is 23.3. The maximum absolute atomic E-state index is 13.3. The van der Waals surface area contributed by atoms with Gasteiger partial charge in [-0.1, -0.05) is 72.4 Å². The number of thioether (sulfide) groups is 1. The minimum Gasteiger partial charge on any atom is -0.370 e. The van der Waals surface area contributed by atoms with Gasteiger partial charge < -0.3 is 10.6 Å². The number of fused-ring (bicyclic) bond motifs is 1. The van der Waals surface area contributed by atoms with Crippen molar-refractivity contribution < 1.29 is 9.59 Å². The molecule has 0 aliphatic rings. The average molecular weight is 473 g/mol. The van der Waals surface area contributed by atoms with Gasteiger partial charge in [-0.05, 0) is 29.8 Å².